The normalized spacial score (nSPS) is 15.0. The van der Waals surface area contributed by atoms with Crippen molar-refractivity contribution in [3.8, 4) is 11.5 Å². The molecule has 0 radical (unpaired) electrons. The molecule has 9 heteroatoms. The molecule has 0 amide bonds. The van der Waals surface area contributed by atoms with Crippen molar-refractivity contribution in [3.63, 3.8) is 0 Å². The molecule has 176 valence electrons. The minimum Gasteiger partial charge on any atom is -0.493 e. The predicted molar refractivity (Wildman–Crippen MR) is 127 cm³/mol. The Morgan fingerprint density at radius 1 is 1.12 bits per heavy atom. The zero-order chi connectivity index (χ0) is 23.2. The van der Waals surface area contributed by atoms with Gasteiger partial charge in [-0.1, -0.05) is 11.6 Å². The van der Waals surface area contributed by atoms with E-state index < -0.39 is 5.82 Å². The van der Waals surface area contributed by atoms with Crippen LogP contribution in [0.3, 0.4) is 0 Å². The smallest absolute Gasteiger partial charge is 0.162 e. The number of aromatic nitrogens is 2. The number of anilines is 2. The van der Waals surface area contributed by atoms with Crippen LogP contribution in [0.5, 0.6) is 11.5 Å². The minimum absolute atomic E-state index is 0.0395. The van der Waals surface area contributed by atoms with E-state index in [0.29, 0.717) is 28.5 Å². The first-order valence-electron chi connectivity index (χ1n) is 11.0. The van der Waals surface area contributed by atoms with Gasteiger partial charge in [0, 0.05) is 50.5 Å². The predicted octanol–water partition coefficient (Wildman–Crippen LogP) is 5.05. The Kier molecular flexibility index (Phi) is 7.80. The quantitative estimate of drug-likeness (QED) is 0.435. The highest BCUT2D eigenvalue weighted by Crippen LogP contribution is 2.36. The molecule has 7 nitrogen and oxygen atoms in total. The summed E-state index contributed by atoms with van der Waals surface area (Å²) >= 11 is 5.92. The Labute approximate surface area is 197 Å². The maximum Gasteiger partial charge on any atom is 0.162 e. The van der Waals surface area contributed by atoms with E-state index in [9.17, 15) is 4.39 Å². The summed E-state index contributed by atoms with van der Waals surface area (Å²) in [5.74, 6) is 1.38. The van der Waals surface area contributed by atoms with Gasteiger partial charge in [-0.2, -0.15) is 0 Å². The van der Waals surface area contributed by atoms with Gasteiger partial charge < -0.3 is 24.4 Å². The molecular formula is C24H28ClFN4O3. The summed E-state index contributed by atoms with van der Waals surface area (Å²) in [4.78, 5) is 11.2. The number of nitrogens with zero attached hydrogens (tertiary/aromatic N) is 3. The summed E-state index contributed by atoms with van der Waals surface area (Å²) in [6.07, 6.45) is 4.49. The van der Waals surface area contributed by atoms with Crippen LogP contribution >= 0.6 is 11.6 Å². The zero-order valence-corrected chi connectivity index (χ0v) is 19.6. The highest BCUT2D eigenvalue weighted by Gasteiger charge is 2.22. The Hall–Kier alpha value is -2.68. The van der Waals surface area contributed by atoms with E-state index in [0.717, 1.165) is 50.9 Å². The van der Waals surface area contributed by atoms with Gasteiger partial charge in [-0.15, -0.1) is 0 Å². The first kappa shape index (κ1) is 23.5. The third-order valence-electron chi connectivity index (χ3n) is 5.75. The molecule has 1 saturated heterocycles. The van der Waals surface area contributed by atoms with Crippen molar-refractivity contribution in [1.29, 1.82) is 0 Å². The molecule has 0 saturated carbocycles. The van der Waals surface area contributed by atoms with E-state index in [1.807, 2.05) is 12.1 Å². The van der Waals surface area contributed by atoms with Gasteiger partial charge in [-0.3, -0.25) is 0 Å². The molecule has 3 aromatic rings. The lowest BCUT2D eigenvalue weighted by Gasteiger charge is -2.32. The lowest BCUT2D eigenvalue weighted by Crippen LogP contribution is -2.39. The molecule has 4 rings (SSSR count). The number of methoxy groups -OCH3 is 2. The van der Waals surface area contributed by atoms with Gasteiger partial charge in [0.15, 0.2) is 11.5 Å². The van der Waals surface area contributed by atoms with Crippen molar-refractivity contribution >= 4 is 34.0 Å². The van der Waals surface area contributed by atoms with Gasteiger partial charge in [-0.05, 0) is 43.5 Å². The number of likely N-dealkylation sites (tertiary alicyclic amines) is 1. The second-order valence-electron chi connectivity index (χ2n) is 8.00. The van der Waals surface area contributed by atoms with Crippen LogP contribution < -0.4 is 14.8 Å². The molecular weight excluding hydrogens is 447 g/mol. The molecule has 0 atom stereocenters. The van der Waals surface area contributed by atoms with E-state index >= 15 is 0 Å². The summed E-state index contributed by atoms with van der Waals surface area (Å²) in [5, 5.41) is 4.01. The second kappa shape index (κ2) is 11.0. The summed E-state index contributed by atoms with van der Waals surface area (Å²) in [7, 11) is 3.35. The average Bonchev–Trinajstić information content (AvgIpc) is 2.83. The lowest BCUT2D eigenvalue weighted by atomic mass is 10.1. The molecule has 1 fully saturated rings. The Balaban J connectivity index is 1.52. The van der Waals surface area contributed by atoms with Crippen LogP contribution in [0.4, 0.5) is 15.9 Å². The largest absolute Gasteiger partial charge is 0.493 e. The molecule has 0 aliphatic carbocycles. The summed E-state index contributed by atoms with van der Waals surface area (Å²) in [6, 6.07) is 8.18. The average molecular weight is 475 g/mol. The molecule has 1 aliphatic heterocycles. The van der Waals surface area contributed by atoms with Crippen molar-refractivity contribution in [1.82, 2.24) is 14.9 Å². The molecule has 33 heavy (non-hydrogen) atoms. The van der Waals surface area contributed by atoms with Crippen LogP contribution in [0.15, 0.2) is 36.7 Å². The SMILES string of the molecule is COCCCN1CCC(Oc2cc3c(Nc4ccc(F)c(Cl)c4)ncnc3cc2OC)CC1. The lowest BCUT2D eigenvalue weighted by molar-refractivity contribution is 0.0909. The van der Waals surface area contributed by atoms with Crippen LogP contribution in [0.25, 0.3) is 10.9 Å². The fraction of sp³-hybridized carbons (Fsp3) is 0.417. The number of nitrogens with one attached hydrogen (secondary N) is 1. The first-order valence-corrected chi connectivity index (χ1v) is 11.4. The summed E-state index contributed by atoms with van der Waals surface area (Å²) < 4.78 is 30.6. The number of hydrogen-bond acceptors (Lipinski definition) is 7. The first-order chi connectivity index (χ1) is 16.1. The van der Waals surface area contributed by atoms with Crippen LogP contribution in [-0.2, 0) is 4.74 Å². The number of rotatable bonds is 9. The van der Waals surface area contributed by atoms with Crippen molar-refractivity contribution in [2.45, 2.75) is 25.4 Å². The minimum atomic E-state index is -0.472. The highest BCUT2D eigenvalue weighted by molar-refractivity contribution is 6.31. The van der Waals surface area contributed by atoms with Crippen molar-refractivity contribution in [2.24, 2.45) is 0 Å². The van der Waals surface area contributed by atoms with Gasteiger partial charge in [-0.25, -0.2) is 14.4 Å². The number of fused-ring (bicyclic) bond motifs is 1. The number of halogens is 2. The van der Waals surface area contributed by atoms with E-state index in [1.54, 1.807) is 20.3 Å². The van der Waals surface area contributed by atoms with E-state index in [4.69, 9.17) is 25.8 Å². The van der Waals surface area contributed by atoms with Crippen LogP contribution in [0.2, 0.25) is 5.02 Å². The second-order valence-corrected chi connectivity index (χ2v) is 8.41. The maximum atomic E-state index is 13.5. The summed E-state index contributed by atoms with van der Waals surface area (Å²) in [6.45, 7) is 3.81. The molecule has 0 bridgehead atoms. The monoisotopic (exact) mass is 474 g/mol. The van der Waals surface area contributed by atoms with Gasteiger partial charge in [0.2, 0.25) is 0 Å². The standard InChI is InChI=1S/C24H28ClFN4O3/c1-31-11-3-8-30-9-6-17(7-10-30)33-23-13-18-21(14-22(23)32-2)27-15-28-24(18)29-16-4-5-20(26)19(25)12-16/h4-5,12-15,17H,3,6-11H2,1-2H3,(H,27,28,29). The highest BCUT2D eigenvalue weighted by atomic mass is 35.5. The van der Waals surface area contributed by atoms with Crippen LogP contribution in [-0.4, -0.2) is 61.4 Å². The van der Waals surface area contributed by atoms with E-state index in [1.165, 1.54) is 18.5 Å². The third-order valence-corrected chi connectivity index (χ3v) is 6.04. The Morgan fingerprint density at radius 2 is 1.94 bits per heavy atom. The number of piperidine rings is 1. The Bertz CT molecular complexity index is 1090. The van der Waals surface area contributed by atoms with Crippen molar-refractivity contribution < 1.29 is 18.6 Å². The van der Waals surface area contributed by atoms with Gasteiger partial charge in [0.25, 0.3) is 0 Å². The zero-order valence-electron chi connectivity index (χ0n) is 18.8. The van der Waals surface area contributed by atoms with Crippen molar-refractivity contribution in [3.05, 3.63) is 47.5 Å². The topological polar surface area (TPSA) is 68.7 Å². The molecule has 2 heterocycles. The molecule has 0 spiro atoms. The van der Waals surface area contributed by atoms with E-state index in [-0.39, 0.29) is 11.1 Å². The van der Waals surface area contributed by atoms with Crippen LogP contribution in [0.1, 0.15) is 19.3 Å². The Morgan fingerprint density at radius 3 is 2.67 bits per heavy atom. The molecule has 1 N–H and O–H groups in total. The van der Waals surface area contributed by atoms with Gasteiger partial charge in [0.1, 0.15) is 24.1 Å². The fourth-order valence-electron chi connectivity index (χ4n) is 3.99. The van der Waals surface area contributed by atoms with Crippen molar-refractivity contribution in [2.75, 3.05) is 45.8 Å². The maximum absolute atomic E-state index is 13.5. The molecule has 1 aliphatic rings. The number of hydrogen-bond donors (Lipinski definition) is 1. The fourth-order valence-corrected chi connectivity index (χ4v) is 4.17. The van der Waals surface area contributed by atoms with Gasteiger partial charge >= 0.3 is 0 Å². The van der Waals surface area contributed by atoms with E-state index in [2.05, 4.69) is 20.2 Å². The van der Waals surface area contributed by atoms with Crippen LogP contribution in [0, 0.1) is 5.82 Å². The summed E-state index contributed by atoms with van der Waals surface area (Å²) in [5.41, 5.74) is 1.33. The number of ether oxygens (including phenoxy) is 3. The third kappa shape index (κ3) is 5.82. The van der Waals surface area contributed by atoms with Gasteiger partial charge in [0.05, 0.1) is 17.6 Å². The molecule has 2 aromatic carbocycles. The number of benzene rings is 2. The molecule has 1 aromatic heterocycles. The molecule has 0 unspecified atom stereocenters.